The Morgan fingerprint density at radius 1 is 1.18 bits per heavy atom. The second-order valence-electron chi connectivity index (χ2n) is 6.16. The number of alkyl carbamates (subject to hydrolysis) is 1. The van der Waals surface area contributed by atoms with Crippen LogP contribution in [-0.2, 0) is 20.9 Å². The average molecular weight is 391 g/mol. The summed E-state index contributed by atoms with van der Waals surface area (Å²) in [5.74, 6) is -1.82. The number of hydrogen-bond acceptors (Lipinski definition) is 6. The molecule has 0 aliphatic heterocycles. The molecule has 0 saturated carbocycles. The molecule has 0 unspecified atom stereocenters. The Hall–Kier alpha value is -3.12. The smallest absolute Gasteiger partial charge is 0.407 e. The maximum absolute atomic E-state index is 11.9. The lowest BCUT2D eigenvalue weighted by atomic mass is 10.1. The standard InChI is InChI=1S/C19H25N3O6/c20-10-6-2-5-9-16(18(25)26)22-17(24)11-15(23)12-21-19(27)28-13-14-7-3-1-4-8-14/h1,3-4,7-8,15-16,23H,2,5-6,9,11-13H2,(H,21,27)(H,22,24)(H,25,26)/t15-,16+/m1/s1. The van der Waals surface area contributed by atoms with Crippen LogP contribution in [0.25, 0.3) is 0 Å². The highest BCUT2D eigenvalue weighted by Gasteiger charge is 2.21. The average Bonchev–Trinajstić information content (AvgIpc) is 2.67. The minimum atomic E-state index is -1.18. The predicted octanol–water partition coefficient (Wildman–Crippen LogP) is 1.32. The van der Waals surface area contributed by atoms with Gasteiger partial charge in [-0.25, -0.2) is 9.59 Å². The van der Waals surface area contributed by atoms with E-state index in [1.54, 1.807) is 12.1 Å². The predicted molar refractivity (Wildman–Crippen MR) is 98.9 cm³/mol. The number of carbonyl (C=O) groups excluding carboxylic acids is 2. The molecule has 0 spiro atoms. The van der Waals surface area contributed by atoms with Gasteiger partial charge in [0, 0.05) is 13.0 Å². The van der Waals surface area contributed by atoms with E-state index in [4.69, 9.17) is 15.1 Å². The summed E-state index contributed by atoms with van der Waals surface area (Å²) >= 11 is 0. The van der Waals surface area contributed by atoms with E-state index in [9.17, 15) is 19.5 Å². The van der Waals surface area contributed by atoms with Gasteiger partial charge in [0.1, 0.15) is 12.6 Å². The van der Waals surface area contributed by atoms with Gasteiger partial charge in [-0.05, 0) is 24.8 Å². The maximum Gasteiger partial charge on any atom is 0.407 e. The first-order valence-corrected chi connectivity index (χ1v) is 8.94. The molecule has 2 amide bonds. The van der Waals surface area contributed by atoms with Crippen molar-refractivity contribution < 1.29 is 29.3 Å². The van der Waals surface area contributed by atoms with E-state index < -0.39 is 30.1 Å². The number of aliphatic hydroxyl groups is 1. The summed E-state index contributed by atoms with van der Waals surface area (Å²) in [4.78, 5) is 34.7. The van der Waals surface area contributed by atoms with Crippen molar-refractivity contribution >= 4 is 18.0 Å². The van der Waals surface area contributed by atoms with Crippen LogP contribution in [0.4, 0.5) is 4.79 Å². The molecule has 1 aromatic rings. The molecular formula is C19H25N3O6. The fourth-order valence-corrected chi connectivity index (χ4v) is 2.32. The molecule has 1 aromatic carbocycles. The van der Waals surface area contributed by atoms with Crippen molar-refractivity contribution in [1.82, 2.24) is 10.6 Å². The van der Waals surface area contributed by atoms with Crippen molar-refractivity contribution in [2.45, 2.75) is 50.9 Å². The first kappa shape index (κ1) is 22.9. The van der Waals surface area contributed by atoms with Crippen molar-refractivity contribution in [3.8, 4) is 6.07 Å². The molecule has 1 rings (SSSR count). The fraction of sp³-hybridized carbons (Fsp3) is 0.474. The highest BCUT2D eigenvalue weighted by molar-refractivity contribution is 5.83. The van der Waals surface area contributed by atoms with E-state index in [1.165, 1.54) is 0 Å². The number of unbranched alkanes of at least 4 members (excludes halogenated alkanes) is 2. The van der Waals surface area contributed by atoms with Gasteiger partial charge in [0.05, 0.1) is 18.6 Å². The van der Waals surface area contributed by atoms with E-state index in [2.05, 4.69) is 10.6 Å². The molecule has 9 nitrogen and oxygen atoms in total. The SMILES string of the molecule is N#CCCCC[C@H](NC(=O)C[C@@H](O)CNC(=O)OCc1ccccc1)C(=O)O. The third-order valence-electron chi connectivity index (χ3n) is 3.78. The van der Waals surface area contributed by atoms with E-state index >= 15 is 0 Å². The second-order valence-corrected chi connectivity index (χ2v) is 6.16. The zero-order valence-corrected chi connectivity index (χ0v) is 15.5. The monoisotopic (exact) mass is 391 g/mol. The first-order valence-electron chi connectivity index (χ1n) is 8.94. The van der Waals surface area contributed by atoms with Crippen molar-refractivity contribution in [2.75, 3.05) is 6.54 Å². The molecule has 0 fully saturated rings. The number of benzene rings is 1. The first-order chi connectivity index (χ1) is 13.4. The minimum Gasteiger partial charge on any atom is -0.480 e. The number of nitrogens with one attached hydrogen (secondary N) is 2. The summed E-state index contributed by atoms with van der Waals surface area (Å²) in [5.41, 5.74) is 0.812. The van der Waals surface area contributed by atoms with E-state index in [1.807, 2.05) is 24.3 Å². The third-order valence-corrected chi connectivity index (χ3v) is 3.78. The minimum absolute atomic E-state index is 0.0787. The van der Waals surface area contributed by atoms with Gasteiger partial charge in [-0.3, -0.25) is 4.79 Å². The number of ether oxygens (including phenoxy) is 1. The lowest BCUT2D eigenvalue weighted by Crippen LogP contribution is -2.43. The number of nitriles is 1. The fourth-order valence-electron chi connectivity index (χ4n) is 2.32. The van der Waals surface area contributed by atoms with Crippen LogP contribution >= 0.6 is 0 Å². The largest absolute Gasteiger partial charge is 0.480 e. The molecule has 152 valence electrons. The molecule has 0 aliphatic rings. The number of nitrogens with zero attached hydrogens (tertiary/aromatic N) is 1. The van der Waals surface area contributed by atoms with Crippen LogP contribution in [0.15, 0.2) is 30.3 Å². The quantitative estimate of drug-likeness (QED) is 0.393. The lowest BCUT2D eigenvalue weighted by Gasteiger charge is -2.16. The van der Waals surface area contributed by atoms with E-state index in [-0.39, 0.29) is 26.0 Å². The molecule has 9 heteroatoms. The molecule has 0 saturated heterocycles. The van der Waals surface area contributed by atoms with Gasteiger partial charge in [0.15, 0.2) is 0 Å². The van der Waals surface area contributed by atoms with Gasteiger partial charge in [-0.1, -0.05) is 30.3 Å². The van der Waals surface area contributed by atoms with Crippen molar-refractivity contribution in [3.05, 3.63) is 35.9 Å². The summed E-state index contributed by atoms with van der Waals surface area (Å²) in [5, 5.41) is 32.1. The van der Waals surface area contributed by atoms with Gasteiger partial charge >= 0.3 is 12.1 Å². The number of carboxylic acids is 1. The normalized spacial score (nSPS) is 12.3. The number of hydrogen-bond donors (Lipinski definition) is 4. The van der Waals surface area contributed by atoms with Crippen molar-refractivity contribution in [3.63, 3.8) is 0 Å². The Balaban J connectivity index is 2.27. The molecule has 4 N–H and O–H groups in total. The number of amides is 2. The lowest BCUT2D eigenvalue weighted by molar-refractivity contribution is -0.142. The summed E-state index contributed by atoms with van der Waals surface area (Å²) in [6.45, 7) is -0.129. The molecule has 0 radical (unpaired) electrons. The molecule has 0 bridgehead atoms. The summed E-state index contributed by atoms with van der Waals surface area (Å²) in [6.07, 6.45) is -0.716. The van der Waals surface area contributed by atoms with E-state index in [0.29, 0.717) is 19.3 Å². The van der Waals surface area contributed by atoms with Crippen LogP contribution in [-0.4, -0.2) is 46.9 Å². The topological polar surface area (TPSA) is 149 Å². The third kappa shape index (κ3) is 10.1. The zero-order valence-electron chi connectivity index (χ0n) is 15.5. The van der Waals surface area contributed by atoms with Crippen LogP contribution < -0.4 is 10.6 Å². The van der Waals surface area contributed by atoms with Crippen LogP contribution in [0, 0.1) is 11.3 Å². The van der Waals surface area contributed by atoms with Gasteiger partial charge in [0.2, 0.25) is 5.91 Å². The molecule has 0 aromatic heterocycles. The van der Waals surface area contributed by atoms with Crippen LogP contribution in [0.1, 0.15) is 37.7 Å². The van der Waals surface area contributed by atoms with Gasteiger partial charge in [-0.2, -0.15) is 5.26 Å². The van der Waals surface area contributed by atoms with Gasteiger partial charge in [-0.15, -0.1) is 0 Å². The number of carboxylic acid groups (broad SMARTS) is 1. The second kappa shape index (κ2) is 13.1. The number of rotatable bonds is 12. The highest BCUT2D eigenvalue weighted by Crippen LogP contribution is 2.05. The molecule has 28 heavy (non-hydrogen) atoms. The van der Waals surface area contributed by atoms with Gasteiger partial charge in [0.25, 0.3) is 0 Å². The van der Waals surface area contributed by atoms with Crippen LogP contribution in [0.3, 0.4) is 0 Å². The number of carbonyl (C=O) groups is 3. The van der Waals surface area contributed by atoms with Gasteiger partial charge < -0.3 is 25.6 Å². The number of aliphatic carboxylic acids is 1. The summed E-state index contributed by atoms with van der Waals surface area (Å²) < 4.78 is 4.98. The Morgan fingerprint density at radius 2 is 1.89 bits per heavy atom. The zero-order chi connectivity index (χ0) is 20.8. The highest BCUT2D eigenvalue weighted by atomic mass is 16.5. The summed E-state index contributed by atoms with van der Waals surface area (Å²) in [7, 11) is 0. The van der Waals surface area contributed by atoms with E-state index in [0.717, 1.165) is 5.56 Å². The molecular weight excluding hydrogens is 366 g/mol. The molecule has 0 heterocycles. The molecule has 2 atom stereocenters. The molecule has 0 aliphatic carbocycles. The van der Waals surface area contributed by atoms with Crippen molar-refractivity contribution in [1.29, 1.82) is 5.26 Å². The Bertz CT molecular complexity index is 674. The number of aliphatic hydroxyl groups excluding tert-OH is 1. The Kier molecular flexibility index (Phi) is 10.7. The van der Waals surface area contributed by atoms with Crippen LogP contribution in [0.2, 0.25) is 0 Å². The van der Waals surface area contributed by atoms with Crippen LogP contribution in [0.5, 0.6) is 0 Å². The Labute approximate surface area is 163 Å². The van der Waals surface area contributed by atoms with Crippen molar-refractivity contribution in [2.24, 2.45) is 0 Å². The maximum atomic E-state index is 11.9. The Morgan fingerprint density at radius 3 is 2.54 bits per heavy atom. The summed E-state index contributed by atoms with van der Waals surface area (Å²) in [6, 6.07) is 9.94.